The molecule has 19 heavy (non-hydrogen) atoms. The molecule has 4 heteroatoms. The number of esters is 1. The highest BCUT2D eigenvalue weighted by Gasteiger charge is 2.41. The molecule has 0 bridgehead atoms. The fourth-order valence-corrected chi connectivity index (χ4v) is 2.14. The molecule has 0 radical (unpaired) electrons. The summed E-state index contributed by atoms with van der Waals surface area (Å²) in [5.41, 5.74) is -0.749. The van der Waals surface area contributed by atoms with Gasteiger partial charge in [-0.3, -0.25) is 5.32 Å². The summed E-state index contributed by atoms with van der Waals surface area (Å²) in [5.74, 6) is -0.808. The molecule has 0 saturated heterocycles. The van der Waals surface area contributed by atoms with Gasteiger partial charge in [0.25, 0.3) is 0 Å². The highest BCUT2D eigenvalue weighted by molar-refractivity contribution is 5.82. The zero-order valence-corrected chi connectivity index (χ0v) is 11.8. The molecule has 0 amide bonds. The van der Waals surface area contributed by atoms with Gasteiger partial charge in [0.1, 0.15) is 11.4 Å². The van der Waals surface area contributed by atoms with E-state index in [4.69, 9.17) is 4.74 Å². The van der Waals surface area contributed by atoms with Gasteiger partial charge in [0.15, 0.2) is 0 Å². The van der Waals surface area contributed by atoms with Gasteiger partial charge in [0.2, 0.25) is 0 Å². The standard InChI is InChI=1S/C15H22FNO2/c1-4-11-17-15(5-2,14(18)19-6-3)12-9-7-8-10-13(12)16/h7-10,17H,4-6,11H2,1-3H3. The highest BCUT2D eigenvalue weighted by Crippen LogP contribution is 2.29. The van der Waals surface area contributed by atoms with Crippen molar-refractivity contribution in [1.29, 1.82) is 0 Å². The van der Waals surface area contributed by atoms with Crippen LogP contribution in [0.15, 0.2) is 24.3 Å². The minimum absolute atomic E-state index is 0.281. The maximum Gasteiger partial charge on any atom is 0.331 e. The number of ether oxygens (including phenoxy) is 1. The van der Waals surface area contributed by atoms with Crippen LogP contribution in [0.5, 0.6) is 0 Å². The van der Waals surface area contributed by atoms with Gasteiger partial charge in [-0.2, -0.15) is 0 Å². The van der Waals surface area contributed by atoms with Crippen molar-refractivity contribution in [3.05, 3.63) is 35.6 Å². The lowest BCUT2D eigenvalue weighted by Crippen LogP contribution is -2.50. The summed E-state index contributed by atoms with van der Waals surface area (Å²) in [5, 5.41) is 3.16. The average Bonchev–Trinajstić information content (AvgIpc) is 2.42. The Bertz CT molecular complexity index is 422. The van der Waals surface area contributed by atoms with Gasteiger partial charge in [-0.05, 0) is 32.4 Å². The van der Waals surface area contributed by atoms with Gasteiger partial charge in [0, 0.05) is 5.56 Å². The van der Waals surface area contributed by atoms with Crippen molar-refractivity contribution in [1.82, 2.24) is 5.32 Å². The molecule has 0 saturated carbocycles. The molecule has 0 aromatic heterocycles. The van der Waals surface area contributed by atoms with E-state index in [1.807, 2.05) is 13.8 Å². The van der Waals surface area contributed by atoms with Crippen LogP contribution in [0.2, 0.25) is 0 Å². The second-order valence-electron chi connectivity index (χ2n) is 4.39. The van der Waals surface area contributed by atoms with E-state index in [-0.39, 0.29) is 12.4 Å². The third kappa shape index (κ3) is 3.32. The Morgan fingerprint density at radius 2 is 2.00 bits per heavy atom. The molecule has 0 aliphatic rings. The Hall–Kier alpha value is -1.42. The molecule has 1 aromatic carbocycles. The van der Waals surface area contributed by atoms with E-state index in [0.717, 1.165) is 6.42 Å². The van der Waals surface area contributed by atoms with Crippen molar-refractivity contribution in [2.75, 3.05) is 13.2 Å². The lowest BCUT2D eigenvalue weighted by Gasteiger charge is -2.32. The first-order chi connectivity index (χ1) is 9.12. The molecular formula is C15H22FNO2. The van der Waals surface area contributed by atoms with Gasteiger partial charge in [-0.25, -0.2) is 9.18 Å². The van der Waals surface area contributed by atoms with E-state index in [9.17, 15) is 9.18 Å². The number of rotatable bonds is 7. The van der Waals surface area contributed by atoms with Gasteiger partial charge in [0.05, 0.1) is 6.61 Å². The second-order valence-corrected chi connectivity index (χ2v) is 4.39. The maximum absolute atomic E-state index is 14.1. The first-order valence-corrected chi connectivity index (χ1v) is 6.79. The van der Waals surface area contributed by atoms with E-state index >= 15 is 0 Å². The summed E-state index contributed by atoms with van der Waals surface area (Å²) in [7, 11) is 0. The lowest BCUT2D eigenvalue weighted by molar-refractivity contribution is -0.152. The van der Waals surface area contributed by atoms with Gasteiger partial charge in [-0.15, -0.1) is 0 Å². The third-order valence-corrected chi connectivity index (χ3v) is 3.16. The molecule has 0 fully saturated rings. The number of hydrogen-bond acceptors (Lipinski definition) is 3. The summed E-state index contributed by atoms with van der Waals surface area (Å²) in [6, 6.07) is 6.35. The Kier molecular flexibility index (Phi) is 5.96. The van der Waals surface area contributed by atoms with Crippen LogP contribution in [-0.2, 0) is 15.1 Å². The fraction of sp³-hybridized carbons (Fsp3) is 0.533. The topological polar surface area (TPSA) is 38.3 Å². The summed E-state index contributed by atoms with van der Waals surface area (Å²) in [4.78, 5) is 12.3. The Morgan fingerprint density at radius 3 is 2.53 bits per heavy atom. The fourth-order valence-electron chi connectivity index (χ4n) is 2.14. The third-order valence-electron chi connectivity index (χ3n) is 3.16. The minimum atomic E-state index is -1.10. The van der Waals surface area contributed by atoms with Crippen molar-refractivity contribution in [3.8, 4) is 0 Å². The minimum Gasteiger partial charge on any atom is -0.464 e. The van der Waals surface area contributed by atoms with Crippen molar-refractivity contribution in [3.63, 3.8) is 0 Å². The summed E-state index contributed by atoms with van der Waals surface area (Å²) in [6.07, 6.45) is 1.29. The smallest absolute Gasteiger partial charge is 0.331 e. The van der Waals surface area contributed by atoms with Crippen LogP contribution >= 0.6 is 0 Å². The van der Waals surface area contributed by atoms with Crippen LogP contribution in [0.25, 0.3) is 0 Å². The molecule has 1 unspecified atom stereocenters. The quantitative estimate of drug-likeness (QED) is 0.772. The van der Waals surface area contributed by atoms with Crippen LogP contribution < -0.4 is 5.32 Å². The predicted molar refractivity (Wildman–Crippen MR) is 73.3 cm³/mol. The molecule has 1 atom stereocenters. The predicted octanol–water partition coefficient (Wildman–Crippen LogP) is 2.99. The molecule has 1 rings (SSSR count). The van der Waals surface area contributed by atoms with E-state index in [0.29, 0.717) is 18.5 Å². The zero-order valence-electron chi connectivity index (χ0n) is 11.8. The first kappa shape index (κ1) is 15.6. The molecule has 3 nitrogen and oxygen atoms in total. The molecular weight excluding hydrogens is 245 g/mol. The van der Waals surface area contributed by atoms with E-state index in [2.05, 4.69) is 5.32 Å². The second kappa shape index (κ2) is 7.24. The highest BCUT2D eigenvalue weighted by atomic mass is 19.1. The number of carbonyl (C=O) groups excluding carboxylic acids is 1. The Balaban J connectivity index is 3.23. The summed E-state index contributed by atoms with van der Waals surface area (Å²) in [6.45, 7) is 6.51. The van der Waals surface area contributed by atoms with Gasteiger partial charge < -0.3 is 4.74 Å². The SMILES string of the molecule is CCCNC(CC)(C(=O)OCC)c1ccccc1F. The number of carbonyl (C=O) groups is 1. The molecule has 0 aliphatic heterocycles. The molecule has 1 N–H and O–H groups in total. The Morgan fingerprint density at radius 1 is 1.32 bits per heavy atom. The normalized spacial score (nSPS) is 13.9. The monoisotopic (exact) mass is 267 g/mol. The van der Waals surface area contributed by atoms with E-state index < -0.39 is 11.5 Å². The molecule has 0 spiro atoms. The first-order valence-electron chi connectivity index (χ1n) is 6.79. The number of halogens is 1. The van der Waals surface area contributed by atoms with Crippen LogP contribution in [0.1, 0.15) is 39.2 Å². The lowest BCUT2D eigenvalue weighted by atomic mass is 9.86. The van der Waals surface area contributed by atoms with Crippen molar-refractivity contribution in [2.24, 2.45) is 0 Å². The zero-order chi connectivity index (χ0) is 14.3. The van der Waals surface area contributed by atoms with E-state index in [1.165, 1.54) is 6.07 Å². The number of hydrogen-bond donors (Lipinski definition) is 1. The molecule has 106 valence electrons. The molecule has 1 aromatic rings. The van der Waals surface area contributed by atoms with Gasteiger partial charge in [-0.1, -0.05) is 32.0 Å². The summed E-state index contributed by atoms with van der Waals surface area (Å²) >= 11 is 0. The van der Waals surface area contributed by atoms with Crippen LogP contribution in [-0.4, -0.2) is 19.1 Å². The molecule has 0 heterocycles. The van der Waals surface area contributed by atoms with Crippen LogP contribution in [0.4, 0.5) is 4.39 Å². The largest absolute Gasteiger partial charge is 0.464 e. The number of nitrogens with one attached hydrogen (secondary N) is 1. The number of benzene rings is 1. The van der Waals surface area contributed by atoms with Crippen molar-refractivity contribution < 1.29 is 13.9 Å². The summed E-state index contributed by atoms with van der Waals surface area (Å²) < 4.78 is 19.2. The Labute approximate surface area is 114 Å². The van der Waals surface area contributed by atoms with E-state index in [1.54, 1.807) is 25.1 Å². The average molecular weight is 267 g/mol. The van der Waals surface area contributed by atoms with Crippen molar-refractivity contribution >= 4 is 5.97 Å². The van der Waals surface area contributed by atoms with Crippen LogP contribution in [0.3, 0.4) is 0 Å². The van der Waals surface area contributed by atoms with Crippen LogP contribution in [0, 0.1) is 5.82 Å². The van der Waals surface area contributed by atoms with Crippen molar-refractivity contribution in [2.45, 2.75) is 39.2 Å². The molecule has 0 aliphatic carbocycles. The maximum atomic E-state index is 14.1. The van der Waals surface area contributed by atoms with Gasteiger partial charge >= 0.3 is 5.97 Å².